The largest absolute Gasteiger partial charge is 0.379 e. The first-order valence-electron chi connectivity index (χ1n) is 6.55. The summed E-state index contributed by atoms with van der Waals surface area (Å²) in [6.07, 6.45) is 3.01. The van der Waals surface area contributed by atoms with E-state index in [2.05, 4.69) is 10.6 Å². The first-order valence-corrected chi connectivity index (χ1v) is 6.93. The van der Waals surface area contributed by atoms with Crippen LogP contribution in [0.5, 0.6) is 0 Å². The smallest absolute Gasteiger partial charge is 0.294 e. The minimum atomic E-state index is -0.538. The van der Waals surface area contributed by atoms with Gasteiger partial charge < -0.3 is 10.6 Å². The number of hydrogen-bond donors (Lipinski definition) is 2. The van der Waals surface area contributed by atoms with Gasteiger partial charge in [-0.25, -0.2) is 0 Å². The maximum atomic E-state index is 12.0. The number of hydrogen-bond acceptors (Lipinski definition) is 4. The van der Waals surface area contributed by atoms with Gasteiger partial charge in [0.25, 0.3) is 11.6 Å². The van der Waals surface area contributed by atoms with Gasteiger partial charge in [-0.15, -0.1) is 0 Å². The highest BCUT2D eigenvalue weighted by molar-refractivity contribution is 6.34. The molecule has 2 rings (SSSR count). The fourth-order valence-electron chi connectivity index (χ4n) is 2.04. The van der Waals surface area contributed by atoms with E-state index >= 15 is 0 Å². The lowest BCUT2D eigenvalue weighted by Crippen LogP contribution is -2.39. The quantitative estimate of drug-likeness (QED) is 0.646. The molecule has 1 aromatic carbocycles. The minimum Gasteiger partial charge on any atom is -0.379 e. The molecule has 1 aliphatic rings. The molecule has 1 saturated carbocycles. The number of halogens is 1. The molecule has 0 saturated heterocycles. The van der Waals surface area contributed by atoms with Crippen molar-refractivity contribution in [2.75, 3.05) is 11.9 Å². The second-order valence-corrected chi connectivity index (χ2v) is 5.15. The molecule has 6 nitrogen and oxygen atoms in total. The van der Waals surface area contributed by atoms with Crippen LogP contribution < -0.4 is 10.6 Å². The van der Waals surface area contributed by atoms with E-state index in [-0.39, 0.29) is 33.9 Å². The van der Waals surface area contributed by atoms with Gasteiger partial charge in [-0.05, 0) is 32.3 Å². The van der Waals surface area contributed by atoms with Crippen LogP contribution in [0.25, 0.3) is 0 Å². The summed E-state index contributed by atoms with van der Waals surface area (Å²) in [6.45, 7) is 2.32. The van der Waals surface area contributed by atoms with E-state index in [1.54, 1.807) is 0 Å². The van der Waals surface area contributed by atoms with Gasteiger partial charge in [-0.2, -0.15) is 0 Å². The SMILES string of the molecule is CCNc1c(Cl)cc(C(=O)NC2CCC2)cc1[N+](=O)[O-]. The molecule has 1 amide bonds. The van der Waals surface area contributed by atoms with E-state index in [1.165, 1.54) is 12.1 Å². The summed E-state index contributed by atoms with van der Waals surface area (Å²) in [5.74, 6) is -0.317. The van der Waals surface area contributed by atoms with E-state index in [9.17, 15) is 14.9 Å². The Morgan fingerprint density at radius 1 is 1.50 bits per heavy atom. The standard InChI is InChI=1S/C13H16ClN3O3/c1-2-15-12-10(14)6-8(7-11(12)17(19)20)13(18)16-9-4-3-5-9/h6-7,9,15H,2-5H2,1H3,(H,16,18). The van der Waals surface area contributed by atoms with Crippen LogP contribution in [0.1, 0.15) is 36.5 Å². The van der Waals surface area contributed by atoms with Crippen molar-refractivity contribution in [3.63, 3.8) is 0 Å². The molecule has 0 aliphatic heterocycles. The highest BCUT2D eigenvalue weighted by Crippen LogP contribution is 2.34. The van der Waals surface area contributed by atoms with Crippen molar-refractivity contribution in [1.29, 1.82) is 0 Å². The predicted octanol–water partition coefficient (Wildman–Crippen LogP) is 2.96. The lowest BCUT2D eigenvalue weighted by Gasteiger charge is -2.26. The average Bonchev–Trinajstić information content (AvgIpc) is 2.35. The average molecular weight is 298 g/mol. The summed E-state index contributed by atoms with van der Waals surface area (Å²) < 4.78 is 0. The molecule has 7 heteroatoms. The Hall–Kier alpha value is -1.82. The number of nitrogens with one attached hydrogen (secondary N) is 2. The third-order valence-corrected chi connectivity index (χ3v) is 3.62. The van der Waals surface area contributed by atoms with Crippen LogP contribution in [0.4, 0.5) is 11.4 Å². The topological polar surface area (TPSA) is 84.3 Å². The number of anilines is 1. The fourth-order valence-corrected chi connectivity index (χ4v) is 2.32. The molecular formula is C13H16ClN3O3. The summed E-state index contributed by atoms with van der Waals surface area (Å²) >= 11 is 6.04. The Morgan fingerprint density at radius 3 is 2.70 bits per heavy atom. The molecule has 0 radical (unpaired) electrons. The van der Waals surface area contributed by atoms with E-state index < -0.39 is 4.92 Å². The maximum Gasteiger partial charge on any atom is 0.294 e. The summed E-state index contributed by atoms with van der Waals surface area (Å²) in [7, 11) is 0. The molecule has 0 bridgehead atoms. The number of carbonyl (C=O) groups is 1. The zero-order valence-electron chi connectivity index (χ0n) is 11.1. The van der Waals surface area contributed by atoms with Crippen LogP contribution in [-0.4, -0.2) is 23.4 Å². The highest BCUT2D eigenvalue weighted by atomic mass is 35.5. The molecule has 2 N–H and O–H groups in total. The molecular weight excluding hydrogens is 282 g/mol. The van der Waals surface area contributed by atoms with Crippen molar-refractivity contribution >= 4 is 28.9 Å². The van der Waals surface area contributed by atoms with Gasteiger partial charge >= 0.3 is 0 Å². The minimum absolute atomic E-state index is 0.175. The first-order chi connectivity index (χ1) is 9.52. The van der Waals surface area contributed by atoms with Gasteiger partial charge in [0.15, 0.2) is 0 Å². The van der Waals surface area contributed by atoms with Crippen LogP contribution in [0.15, 0.2) is 12.1 Å². The van der Waals surface area contributed by atoms with E-state index in [1.807, 2.05) is 6.92 Å². The molecule has 0 heterocycles. The summed E-state index contributed by atoms with van der Waals surface area (Å²) in [5, 5.41) is 17.0. The van der Waals surface area contributed by atoms with Crippen LogP contribution in [-0.2, 0) is 0 Å². The van der Waals surface area contributed by atoms with Crippen molar-refractivity contribution in [3.05, 3.63) is 32.8 Å². The predicted molar refractivity (Wildman–Crippen MR) is 77.4 cm³/mol. The van der Waals surface area contributed by atoms with Gasteiger partial charge in [-0.3, -0.25) is 14.9 Å². The Bertz CT molecular complexity index is 544. The number of amides is 1. The van der Waals surface area contributed by atoms with Crippen molar-refractivity contribution < 1.29 is 9.72 Å². The Balaban J connectivity index is 2.29. The third kappa shape index (κ3) is 3.01. The molecule has 1 fully saturated rings. The number of carbonyl (C=O) groups excluding carboxylic acids is 1. The molecule has 0 atom stereocenters. The van der Waals surface area contributed by atoms with Crippen molar-refractivity contribution in [2.24, 2.45) is 0 Å². The van der Waals surface area contributed by atoms with Crippen LogP contribution in [0.3, 0.4) is 0 Å². The van der Waals surface area contributed by atoms with E-state index in [4.69, 9.17) is 11.6 Å². The molecule has 1 aromatic rings. The number of nitro groups is 1. The number of rotatable bonds is 5. The summed E-state index contributed by atoms with van der Waals surface area (Å²) in [4.78, 5) is 22.6. The van der Waals surface area contributed by atoms with Gasteiger partial charge in [0.2, 0.25) is 0 Å². The van der Waals surface area contributed by atoms with Gasteiger partial charge in [0, 0.05) is 24.2 Å². The van der Waals surface area contributed by atoms with Gasteiger partial charge in [0.05, 0.1) is 9.95 Å². The summed E-state index contributed by atoms with van der Waals surface area (Å²) in [5.41, 5.74) is 0.285. The molecule has 0 aromatic heterocycles. The Labute approximate surface area is 121 Å². The second kappa shape index (κ2) is 6.09. The van der Waals surface area contributed by atoms with Crippen molar-refractivity contribution in [2.45, 2.75) is 32.2 Å². The second-order valence-electron chi connectivity index (χ2n) is 4.74. The zero-order valence-corrected chi connectivity index (χ0v) is 11.9. The number of nitro benzene ring substituents is 1. The van der Waals surface area contributed by atoms with Crippen molar-refractivity contribution in [1.82, 2.24) is 5.32 Å². The third-order valence-electron chi connectivity index (χ3n) is 3.32. The fraction of sp³-hybridized carbons (Fsp3) is 0.462. The van der Waals surface area contributed by atoms with E-state index in [0.717, 1.165) is 19.3 Å². The summed E-state index contributed by atoms with van der Waals surface area (Å²) in [6, 6.07) is 2.90. The molecule has 1 aliphatic carbocycles. The number of nitrogens with zero attached hydrogens (tertiary/aromatic N) is 1. The van der Waals surface area contributed by atoms with Crippen LogP contribution in [0, 0.1) is 10.1 Å². The molecule has 0 unspecified atom stereocenters. The molecule has 20 heavy (non-hydrogen) atoms. The maximum absolute atomic E-state index is 12.0. The van der Waals surface area contributed by atoms with Crippen LogP contribution >= 0.6 is 11.6 Å². The zero-order chi connectivity index (χ0) is 14.7. The van der Waals surface area contributed by atoms with Gasteiger partial charge in [-0.1, -0.05) is 11.6 Å². The number of benzene rings is 1. The highest BCUT2D eigenvalue weighted by Gasteiger charge is 2.24. The lowest BCUT2D eigenvalue weighted by atomic mass is 9.93. The van der Waals surface area contributed by atoms with E-state index in [0.29, 0.717) is 6.54 Å². The molecule has 0 spiro atoms. The monoisotopic (exact) mass is 297 g/mol. The molecule has 108 valence electrons. The normalized spacial score (nSPS) is 14.5. The van der Waals surface area contributed by atoms with Crippen LogP contribution in [0.2, 0.25) is 5.02 Å². The first kappa shape index (κ1) is 14.6. The van der Waals surface area contributed by atoms with Gasteiger partial charge in [0.1, 0.15) is 5.69 Å². The lowest BCUT2D eigenvalue weighted by molar-refractivity contribution is -0.384. The Morgan fingerprint density at radius 2 is 2.20 bits per heavy atom. The Kier molecular flexibility index (Phi) is 4.44. The van der Waals surface area contributed by atoms with Crippen molar-refractivity contribution in [3.8, 4) is 0 Å².